The van der Waals surface area contributed by atoms with Gasteiger partial charge in [-0.1, -0.05) is 0 Å². The van der Waals surface area contributed by atoms with Crippen molar-refractivity contribution in [2.45, 2.75) is 25.3 Å². The van der Waals surface area contributed by atoms with Gasteiger partial charge in [0.25, 0.3) is 0 Å². The Hall–Kier alpha value is -0.970. The van der Waals surface area contributed by atoms with E-state index in [1.165, 1.54) is 17.6 Å². The van der Waals surface area contributed by atoms with Crippen molar-refractivity contribution >= 4 is 0 Å². The van der Waals surface area contributed by atoms with Gasteiger partial charge in [0.1, 0.15) is 0 Å². The van der Waals surface area contributed by atoms with E-state index in [9.17, 15) is 0 Å². The summed E-state index contributed by atoms with van der Waals surface area (Å²) in [5.41, 5.74) is 0. The van der Waals surface area contributed by atoms with Gasteiger partial charge in [-0.25, -0.2) is 0 Å². The molecule has 1 saturated heterocycles. The van der Waals surface area contributed by atoms with Crippen LogP contribution in [0.4, 0.5) is 0 Å². The molecule has 1 fully saturated rings. The topological polar surface area (TPSA) is 55.6 Å². The molecule has 0 spiro atoms. The zero-order valence-corrected chi connectivity index (χ0v) is 7.19. The van der Waals surface area contributed by atoms with Crippen LogP contribution < -0.4 is 5.32 Å². The molecule has 12 heavy (non-hydrogen) atoms. The van der Waals surface area contributed by atoms with Gasteiger partial charge in [0.2, 0.25) is 0 Å². The van der Waals surface area contributed by atoms with Crippen LogP contribution in [0.25, 0.3) is 0 Å². The van der Waals surface area contributed by atoms with Crippen LogP contribution in [-0.2, 0) is 13.5 Å². The third kappa shape index (κ3) is 1.61. The maximum atomic E-state index is 4.13. The van der Waals surface area contributed by atoms with E-state index < -0.39 is 0 Å². The zero-order chi connectivity index (χ0) is 8.39. The second kappa shape index (κ2) is 3.18. The van der Waals surface area contributed by atoms with Crippen LogP contribution in [0.1, 0.15) is 18.7 Å². The molecule has 0 saturated carbocycles. The largest absolute Gasteiger partial charge is 0.314 e. The zero-order valence-electron chi connectivity index (χ0n) is 7.19. The minimum atomic E-state index is 0.564. The summed E-state index contributed by atoms with van der Waals surface area (Å²) in [6.07, 6.45) is 3.41. The summed E-state index contributed by atoms with van der Waals surface area (Å²) in [6, 6.07) is 0.564. The molecule has 1 aromatic heterocycles. The molecule has 5 heteroatoms. The lowest BCUT2D eigenvalue weighted by atomic mass is 10.1. The highest BCUT2D eigenvalue weighted by Gasteiger charge is 2.16. The van der Waals surface area contributed by atoms with Crippen LogP contribution in [0.3, 0.4) is 0 Å². The number of nitrogens with zero attached hydrogens (tertiary/aromatic N) is 4. The monoisotopic (exact) mass is 167 g/mol. The van der Waals surface area contributed by atoms with Crippen LogP contribution in [0.2, 0.25) is 0 Å². The second-order valence-electron chi connectivity index (χ2n) is 3.19. The molecule has 0 amide bonds. The molecular formula is C7H13N5. The van der Waals surface area contributed by atoms with Crippen molar-refractivity contribution in [3.63, 3.8) is 0 Å². The SMILES string of the molecule is Cn1nnc(CC2CCCN2)n1. The summed E-state index contributed by atoms with van der Waals surface area (Å²) >= 11 is 0. The van der Waals surface area contributed by atoms with Crippen molar-refractivity contribution in [3.8, 4) is 0 Å². The summed E-state index contributed by atoms with van der Waals surface area (Å²) in [5.74, 6) is 0.844. The lowest BCUT2D eigenvalue weighted by Crippen LogP contribution is -2.24. The molecule has 1 atom stereocenters. The molecule has 1 unspecified atom stereocenters. The fourth-order valence-electron chi connectivity index (χ4n) is 1.56. The standard InChI is InChI=1S/C7H13N5/c1-12-10-7(9-11-12)5-6-3-2-4-8-6/h6,8H,2-5H2,1H3. The molecule has 2 heterocycles. The van der Waals surface area contributed by atoms with Crippen LogP contribution in [0.5, 0.6) is 0 Å². The van der Waals surface area contributed by atoms with Crippen molar-refractivity contribution in [2.24, 2.45) is 7.05 Å². The molecule has 5 nitrogen and oxygen atoms in total. The van der Waals surface area contributed by atoms with E-state index in [0.29, 0.717) is 6.04 Å². The number of hydrogen-bond donors (Lipinski definition) is 1. The molecule has 2 rings (SSSR count). The minimum absolute atomic E-state index is 0.564. The average Bonchev–Trinajstić information content (AvgIpc) is 2.63. The van der Waals surface area contributed by atoms with Crippen LogP contribution >= 0.6 is 0 Å². The van der Waals surface area contributed by atoms with Gasteiger partial charge >= 0.3 is 0 Å². The Morgan fingerprint density at radius 2 is 2.58 bits per heavy atom. The van der Waals surface area contributed by atoms with E-state index in [1.54, 1.807) is 7.05 Å². The first-order valence-corrected chi connectivity index (χ1v) is 4.31. The molecule has 1 aliphatic heterocycles. The number of hydrogen-bond acceptors (Lipinski definition) is 4. The van der Waals surface area contributed by atoms with Crippen molar-refractivity contribution in [1.82, 2.24) is 25.5 Å². The van der Waals surface area contributed by atoms with E-state index in [-0.39, 0.29) is 0 Å². The molecular weight excluding hydrogens is 154 g/mol. The first-order chi connectivity index (χ1) is 5.84. The summed E-state index contributed by atoms with van der Waals surface area (Å²) < 4.78 is 0. The number of aromatic nitrogens is 4. The third-order valence-electron chi connectivity index (χ3n) is 2.14. The van der Waals surface area contributed by atoms with E-state index in [1.807, 2.05) is 0 Å². The summed E-state index contributed by atoms with van der Waals surface area (Å²) in [6.45, 7) is 1.13. The van der Waals surface area contributed by atoms with Gasteiger partial charge in [0.05, 0.1) is 7.05 Å². The fraction of sp³-hybridized carbons (Fsp3) is 0.857. The quantitative estimate of drug-likeness (QED) is 0.645. The third-order valence-corrected chi connectivity index (χ3v) is 2.14. The summed E-state index contributed by atoms with van der Waals surface area (Å²) in [4.78, 5) is 1.50. The molecule has 0 bridgehead atoms. The van der Waals surface area contributed by atoms with E-state index in [0.717, 1.165) is 18.8 Å². The minimum Gasteiger partial charge on any atom is -0.314 e. The highest BCUT2D eigenvalue weighted by Crippen LogP contribution is 2.08. The molecule has 0 aliphatic carbocycles. The van der Waals surface area contributed by atoms with Crippen molar-refractivity contribution < 1.29 is 0 Å². The first kappa shape index (κ1) is 7.67. The van der Waals surface area contributed by atoms with E-state index >= 15 is 0 Å². The average molecular weight is 167 g/mol. The first-order valence-electron chi connectivity index (χ1n) is 4.31. The smallest absolute Gasteiger partial charge is 0.176 e. The lowest BCUT2D eigenvalue weighted by Gasteiger charge is -2.04. The molecule has 0 radical (unpaired) electrons. The predicted molar refractivity (Wildman–Crippen MR) is 43.5 cm³/mol. The molecule has 1 N–H and O–H groups in total. The van der Waals surface area contributed by atoms with Gasteiger partial charge in [-0.15, -0.1) is 10.2 Å². The Morgan fingerprint density at radius 3 is 3.17 bits per heavy atom. The van der Waals surface area contributed by atoms with Gasteiger partial charge in [-0.3, -0.25) is 0 Å². The van der Waals surface area contributed by atoms with Crippen LogP contribution in [0, 0.1) is 0 Å². The highest BCUT2D eigenvalue weighted by molar-refractivity contribution is 4.87. The predicted octanol–water partition coefficient (Wildman–Crippen LogP) is -0.495. The number of tetrazole rings is 1. The number of aryl methyl sites for hydroxylation is 1. The van der Waals surface area contributed by atoms with Gasteiger partial charge in [-0.05, 0) is 24.6 Å². The molecule has 1 aromatic rings. The maximum absolute atomic E-state index is 4.13. The maximum Gasteiger partial charge on any atom is 0.176 e. The molecule has 66 valence electrons. The van der Waals surface area contributed by atoms with Crippen LogP contribution in [0.15, 0.2) is 0 Å². The van der Waals surface area contributed by atoms with Gasteiger partial charge < -0.3 is 5.32 Å². The molecule has 1 aliphatic rings. The van der Waals surface area contributed by atoms with Crippen molar-refractivity contribution in [3.05, 3.63) is 5.82 Å². The Balaban J connectivity index is 1.94. The summed E-state index contributed by atoms with van der Waals surface area (Å²) in [7, 11) is 1.79. The second-order valence-corrected chi connectivity index (χ2v) is 3.19. The highest BCUT2D eigenvalue weighted by atomic mass is 15.6. The molecule has 0 aromatic carbocycles. The van der Waals surface area contributed by atoms with Crippen LogP contribution in [-0.4, -0.2) is 32.8 Å². The van der Waals surface area contributed by atoms with Gasteiger partial charge in [0.15, 0.2) is 5.82 Å². The Bertz CT molecular complexity index is 250. The van der Waals surface area contributed by atoms with E-state index in [4.69, 9.17) is 0 Å². The Labute approximate surface area is 71.1 Å². The summed E-state index contributed by atoms with van der Waals surface area (Å²) in [5, 5.41) is 15.3. The number of nitrogens with one attached hydrogen (secondary N) is 1. The van der Waals surface area contributed by atoms with Crippen molar-refractivity contribution in [2.75, 3.05) is 6.54 Å². The van der Waals surface area contributed by atoms with Gasteiger partial charge in [-0.2, -0.15) is 4.80 Å². The lowest BCUT2D eigenvalue weighted by molar-refractivity contribution is 0.579. The normalized spacial score (nSPS) is 23.2. The fourth-order valence-corrected chi connectivity index (χ4v) is 1.56. The Kier molecular flexibility index (Phi) is 2.03. The van der Waals surface area contributed by atoms with Gasteiger partial charge in [0, 0.05) is 12.5 Å². The van der Waals surface area contributed by atoms with E-state index in [2.05, 4.69) is 20.7 Å². The Morgan fingerprint density at radius 1 is 1.67 bits per heavy atom. The van der Waals surface area contributed by atoms with Crippen molar-refractivity contribution in [1.29, 1.82) is 0 Å². The number of rotatable bonds is 2.